The molecule has 7 aromatic rings. The summed E-state index contributed by atoms with van der Waals surface area (Å²) in [7, 11) is 0. The Bertz CT molecular complexity index is 1830. The molecule has 4 heterocycles. The Balaban J connectivity index is 1.18. The first kappa shape index (κ1) is 24.7. The molecule has 4 aromatic heterocycles. The van der Waals surface area contributed by atoms with Crippen molar-refractivity contribution in [2.75, 3.05) is 0 Å². The van der Waals surface area contributed by atoms with Gasteiger partial charge < -0.3 is 8.83 Å². The summed E-state index contributed by atoms with van der Waals surface area (Å²) in [4.78, 5) is 9.43. The van der Waals surface area contributed by atoms with Gasteiger partial charge in [-0.3, -0.25) is 0 Å². The van der Waals surface area contributed by atoms with E-state index in [1.165, 1.54) is 0 Å². The smallest absolute Gasteiger partial charge is 0.266 e. The first-order chi connectivity index (χ1) is 20.2. The lowest BCUT2D eigenvalue weighted by molar-refractivity contribution is 0.580. The molecule has 3 aromatic carbocycles. The highest BCUT2D eigenvalue weighted by molar-refractivity contribution is 9.10. The van der Waals surface area contributed by atoms with Crippen LogP contribution in [0.25, 0.3) is 68.6 Å². The lowest BCUT2D eigenvalue weighted by atomic mass is 10.1. The third-order valence-corrected chi connectivity index (χ3v) is 6.78. The first-order valence-corrected chi connectivity index (χ1v) is 13.5. The number of aromatic nitrogens is 6. The molecule has 0 aliphatic rings. The Morgan fingerprint density at radius 3 is 1.27 bits per heavy atom. The summed E-state index contributed by atoms with van der Waals surface area (Å²) in [5, 5.41) is 17.1. The number of benzene rings is 3. The van der Waals surface area contributed by atoms with Crippen LogP contribution in [-0.4, -0.2) is 30.4 Å². The van der Waals surface area contributed by atoms with Crippen molar-refractivity contribution in [2.45, 2.75) is 0 Å². The van der Waals surface area contributed by atoms with Crippen LogP contribution >= 0.6 is 15.9 Å². The van der Waals surface area contributed by atoms with Gasteiger partial charge in [0.1, 0.15) is 11.4 Å². The highest BCUT2D eigenvalue weighted by Gasteiger charge is 2.17. The van der Waals surface area contributed by atoms with Crippen molar-refractivity contribution in [3.05, 3.63) is 120 Å². The van der Waals surface area contributed by atoms with Crippen LogP contribution < -0.4 is 0 Å². The first-order valence-electron chi connectivity index (χ1n) is 12.7. The van der Waals surface area contributed by atoms with E-state index >= 15 is 0 Å². The molecule has 0 spiro atoms. The second kappa shape index (κ2) is 10.7. The van der Waals surface area contributed by atoms with Gasteiger partial charge in [-0.1, -0.05) is 88.7 Å². The molecule has 0 saturated carbocycles. The van der Waals surface area contributed by atoms with Crippen molar-refractivity contribution < 1.29 is 8.83 Å². The fourth-order valence-corrected chi connectivity index (χ4v) is 4.86. The van der Waals surface area contributed by atoms with Gasteiger partial charge in [-0.15, -0.1) is 20.4 Å². The molecule has 0 fully saturated rings. The van der Waals surface area contributed by atoms with E-state index in [2.05, 4.69) is 36.3 Å². The van der Waals surface area contributed by atoms with E-state index in [9.17, 15) is 0 Å². The molecule has 0 bridgehead atoms. The average Bonchev–Trinajstić information content (AvgIpc) is 3.73. The highest BCUT2D eigenvalue weighted by atomic mass is 79.9. The molecular weight excluding hydrogens is 580 g/mol. The Hall–Kier alpha value is -5.28. The monoisotopic (exact) mass is 598 g/mol. The molecule has 0 aliphatic heterocycles. The van der Waals surface area contributed by atoms with Gasteiger partial charge in [0.05, 0.1) is 11.4 Å². The van der Waals surface area contributed by atoms with Crippen LogP contribution in [0, 0.1) is 0 Å². The second-order valence-corrected chi connectivity index (χ2v) is 10.0. The Labute approximate surface area is 242 Å². The number of nitrogens with zero attached hydrogens (tertiary/aromatic N) is 6. The molecule has 8 nitrogen and oxygen atoms in total. The van der Waals surface area contributed by atoms with E-state index in [0.29, 0.717) is 46.1 Å². The third-order valence-electron chi connectivity index (χ3n) is 6.32. The number of rotatable bonds is 6. The Morgan fingerprint density at radius 2 is 0.805 bits per heavy atom. The fourth-order valence-electron chi connectivity index (χ4n) is 4.37. The van der Waals surface area contributed by atoms with Gasteiger partial charge >= 0.3 is 0 Å². The maximum atomic E-state index is 6.04. The second-order valence-electron chi connectivity index (χ2n) is 9.10. The summed E-state index contributed by atoms with van der Waals surface area (Å²) >= 11 is 3.58. The van der Waals surface area contributed by atoms with Gasteiger partial charge in [-0.2, -0.15) is 0 Å². The maximum Gasteiger partial charge on any atom is 0.266 e. The fraction of sp³-hybridized carbons (Fsp3) is 0. The van der Waals surface area contributed by atoms with Crippen molar-refractivity contribution in [1.82, 2.24) is 30.4 Å². The number of hydrogen-bond acceptors (Lipinski definition) is 8. The lowest BCUT2D eigenvalue weighted by Gasteiger charge is -2.03. The summed E-state index contributed by atoms with van der Waals surface area (Å²) < 4.78 is 12.9. The zero-order valence-corrected chi connectivity index (χ0v) is 22.9. The van der Waals surface area contributed by atoms with E-state index in [-0.39, 0.29) is 0 Å². The summed E-state index contributed by atoms with van der Waals surface area (Å²) in [5.74, 6) is 1.32. The molecule has 41 heavy (non-hydrogen) atoms. The van der Waals surface area contributed by atoms with Crippen molar-refractivity contribution in [1.29, 1.82) is 0 Å². The van der Waals surface area contributed by atoms with Crippen molar-refractivity contribution >= 4 is 15.9 Å². The minimum Gasteiger partial charge on any atom is -0.415 e. The zero-order valence-electron chi connectivity index (χ0n) is 21.3. The van der Waals surface area contributed by atoms with E-state index in [4.69, 9.17) is 18.8 Å². The summed E-state index contributed by atoms with van der Waals surface area (Å²) in [6.07, 6.45) is 0. The van der Waals surface area contributed by atoms with E-state index in [1.54, 1.807) is 0 Å². The molecule has 0 unspecified atom stereocenters. The predicted octanol–water partition coefficient (Wildman–Crippen LogP) is 8.01. The molecule has 196 valence electrons. The minimum atomic E-state index is 0.323. The quantitative estimate of drug-likeness (QED) is 0.189. The molecule has 0 atom stereocenters. The summed E-state index contributed by atoms with van der Waals surface area (Å²) in [6, 6.07) is 36.9. The SMILES string of the molecule is Brc1cc(-c2nnc(-c3cccc(-c4ccccc4)n3)o2)cc(-c2nnc(-c3cccc(-c4ccccc4)n3)o2)c1. The van der Waals surface area contributed by atoms with E-state index < -0.39 is 0 Å². The van der Waals surface area contributed by atoms with Crippen LogP contribution in [0.15, 0.2) is 129 Å². The van der Waals surface area contributed by atoms with Crippen LogP contribution in [-0.2, 0) is 0 Å². The molecule has 0 amide bonds. The van der Waals surface area contributed by atoms with Crippen molar-refractivity contribution in [2.24, 2.45) is 0 Å². The molecule has 7 rings (SSSR count). The third kappa shape index (κ3) is 5.18. The normalized spacial score (nSPS) is 11.0. The molecule has 0 aliphatic carbocycles. The molecule has 0 N–H and O–H groups in total. The van der Waals surface area contributed by atoms with Gasteiger partial charge in [0.2, 0.25) is 11.8 Å². The van der Waals surface area contributed by atoms with Gasteiger partial charge in [0, 0.05) is 26.7 Å². The van der Waals surface area contributed by atoms with Gasteiger partial charge in [-0.25, -0.2) is 9.97 Å². The lowest BCUT2D eigenvalue weighted by Crippen LogP contribution is -1.87. The highest BCUT2D eigenvalue weighted by Crippen LogP contribution is 2.32. The van der Waals surface area contributed by atoms with E-state index in [1.807, 2.05) is 115 Å². The topological polar surface area (TPSA) is 104 Å². The largest absolute Gasteiger partial charge is 0.415 e. The molecule has 0 saturated heterocycles. The average molecular weight is 599 g/mol. The number of pyridine rings is 2. The molecule has 9 heteroatoms. The van der Waals surface area contributed by atoms with Crippen molar-refractivity contribution in [3.63, 3.8) is 0 Å². The summed E-state index contributed by atoms with van der Waals surface area (Å²) in [6.45, 7) is 0. The van der Waals surface area contributed by atoms with Crippen LogP contribution in [0.2, 0.25) is 0 Å². The van der Waals surface area contributed by atoms with E-state index in [0.717, 1.165) is 27.0 Å². The van der Waals surface area contributed by atoms with Crippen LogP contribution in [0.3, 0.4) is 0 Å². The number of hydrogen-bond donors (Lipinski definition) is 0. The Morgan fingerprint density at radius 1 is 0.390 bits per heavy atom. The zero-order chi connectivity index (χ0) is 27.6. The van der Waals surface area contributed by atoms with Crippen LogP contribution in [0.1, 0.15) is 0 Å². The summed E-state index contributed by atoms with van der Waals surface area (Å²) in [5.41, 5.74) is 6.22. The minimum absolute atomic E-state index is 0.323. The number of halogens is 1. The standard InChI is InChI=1S/C32H19BrN6O2/c33-24-18-22(29-36-38-31(40-29)27-15-7-13-25(34-27)20-9-3-1-4-10-20)17-23(19-24)30-37-39-32(41-30)28-16-8-14-26(35-28)21-11-5-2-6-12-21/h1-19H. The van der Waals surface area contributed by atoms with Crippen LogP contribution in [0.4, 0.5) is 0 Å². The molecular formula is C32H19BrN6O2. The van der Waals surface area contributed by atoms with Gasteiger partial charge in [0.15, 0.2) is 0 Å². The molecule has 0 radical (unpaired) electrons. The predicted molar refractivity (Wildman–Crippen MR) is 158 cm³/mol. The van der Waals surface area contributed by atoms with Gasteiger partial charge in [0.25, 0.3) is 11.8 Å². The van der Waals surface area contributed by atoms with Crippen molar-refractivity contribution in [3.8, 4) is 68.6 Å². The Kier molecular flexibility index (Phi) is 6.46. The maximum absolute atomic E-state index is 6.04. The van der Waals surface area contributed by atoms with Gasteiger partial charge in [-0.05, 0) is 42.5 Å². The van der Waals surface area contributed by atoms with Crippen LogP contribution in [0.5, 0.6) is 0 Å².